The van der Waals surface area contributed by atoms with Crippen LogP contribution in [0.15, 0.2) is 203 Å². The molecule has 10 nitrogen and oxygen atoms in total. The first kappa shape index (κ1) is 94.3. The van der Waals surface area contributed by atoms with Crippen LogP contribution >= 0.6 is 31.9 Å². The summed E-state index contributed by atoms with van der Waals surface area (Å²) in [6.45, 7) is 25.8. The minimum Gasteiger partial charge on any atom is -0.460 e. The number of hydrogen-bond donors (Lipinski definition) is 4. The molecule has 4 N–H and O–H groups in total. The molecule has 0 aliphatic heterocycles. The molecule has 11 aromatic rings. The molecular formula is C106H133BBr2N2O8. The highest BCUT2D eigenvalue weighted by atomic mass is 79.9. The van der Waals surface area contributed by atoms with Crippen LogP contribution < -0.4 is 16.1 Å². The molecule has 11 aromatic carbocycles. The number of carbonyl (C=O) groups excluding carboxylic acids is 3. The first-order chi connectivity index (χ1) is 57.2. The monoisotopic (exact) mass is 1730 g/mol. The van der Waals surface area contributed by atoms with Gasteiger partial charge in [0.2, 0.25) is 0 Å². The maximum atomic E-state index is 12.7. The quantitative estimate of drug-likeness (QED) is 0.0130. The Bertz CT molecular complexity index is 4950. The molecule has 0 fully saturated rings. The van der Waals surface area contributed by atoms with E-state index >= 15 is 0 Å². The Morgan fingerprint density at radius 1 is 0.328 bits per heavy atom. The largest absolute Gasteiger partial charge is 0.488 e. The fourth-order valence-corrected chi connectivity index (χ4v) is 17.4. The van der Waals surface area contributed by atoms with Crippen molar-refractivity contribution in [1.29, 1.82) is 0 Å². The third-order valence-electron chi connectivity index (χ3n) is 21.8. The van der Waals surface area contributed by atoms with Crippen molar-refractivity contribution in [3.8, 4) is 44.5 Å². The average Bonchev–Trinajstić information content (AvgIpc) is 0.738. The van der Waals surface area contributed by atoms with Gasteiger partial charge in [-0.2, -0.15) is 0 Å². The summed E-state index contributed by atoms with van der Waals surface area (Å²) in [7, 11) is -1.48. The minimum atomic E-state index is -1.48. The van der Waals surface area contributed by atoms with E-state index in [9.17, 15) is 14.4 Å². The van der Waals surface area contributed by atoms with Crippen LogP contribution in [0, 0.1) is 0 Å². The van der Waals surface area contributed by atoms with Gasteiger partial charge in [-0.3, -0.25) is 15.4 Å². The van der Waals surface area contributed by atoms with Crippen molar-refractivity contribution in [3.05, 3.63) is 231 Å². The molecule has 0 bridgehead atoms. The average molecular weight is 1730 g/mol. The van der Waals surface area contributed by atoms with E-state index in [1.165, 1.54) is 249 Å². The van der Waals surface area contributed by atoms with Crippen LogP contribution in [0.5, 0.6) is 0 Å². The number of unbranched alkanes of at least 4 members (excludes halogenated alkanes) is 20. The number of anilines is 2. The van der Waals surface area contributed by atoms with E-state index in [0.717, 1.165) is 55.2 Å². The molecule has 2 amide bonds. The molecule has 0 atom stereocenters. The first-order valence-corrected chi connectivity index (χ1v) is 46.1. The normalized spacial score (nSPS) is 11.6. The van der Waals surface area contributed by atoms with E-state index in [1.807, 2.05) is 86.6 Å². The van der Waals surface area contributed by atoms with Crippen LogP contribution in [-0.2, 0) is 51.1 Å². The zero-order valence-corrected chi connectivity index (χ0v) is 76.8. The lowest BCUT2D eigenvalue weighted by molar-refractivity contribution is -0.153. The fourth-order valence-electron chi connectivity index (χ4n) is 16.2. The lowest BCUT2D eigenvalue weighted by atomic mass is 9.80. The highest BCUT2D eigenvalue weighted by Gasteiger charge is 2.26. The van der Waals surface area contributed by atoms with Gasteiger partial charge < -0.3 is 24.3 Å². The number of esters is 1. The van der Waals surface area contributed by atoms with Crippen molar-refractivity contribution < 1.29 is 38.6 Å². The molecular weight excluding hydrogens is 1600 g/mol. The van der Waals surface area contributed by atoms with Crippen LogP contribution in [-0.4, -0.2) is 52.1 Å². The summed E-state index contributed by atoms with van der Waals surface area (Å²) in [5, 5.41) is 34.0. The number of halogens is 2. The molecule has 0 aliphatic rings. The fraction of sp³-hybridized carbons (Fsp3) is 0.425. The number of fused-ring (bicyclic) bond motifs is 4. The number of nitrogens with one attached hydrogen (secondary N) is 2. The van der Waals surface area contributed by atoms with Gasteiger partial charge in [0.25, 0.3) is 0 Å². The first-order valence-electron chi connectivity index (χ1n) is 44.6. The van der Waals surface area contributed by atoms with E-state index in [2.05, 4.69) is 216 Å². The van der Waals surface area contributed by atoms with Crippen LogP contribution in [0.2, 0.25) is 0 Å². The Hall–Kier alpha value is -8.59. The predicted molar refractivity (Wildman–Crippen MR) is 514 cm³/mol. The Kier molecular flexibility index (Phi) is 37.2. The summed E-state index contributed by atoms with van der Waals surface area (Å²) in [4.78, 5) is 36.8. The van der Waals surface area contributed by atoms with Gasteiger partial charge in [0, 0.05) is 20.3 Å². The summed E-state index contributed by atoms with van der Waals surface area (Å²) in [5.41, 5.74) is 16.8. The zero-order valence-electron chi connectivity index (χ0n) is 73.7. The Morgan fingerprint density at radius 2 is 0.630 bits per heavy atom. The molecule has 0 radical (unpaired) electrons. The van der Waals surface area contributed by atoms with E-state index < -0.39 is 36.1 Å². The van der Waals surface area contributed by atoms with Crippen molar-refractivity contribution in [2.75, 3.05) is 10.6 Å². The van der Waals surface area contributed by atoms with Crippen molar-refractivity contribution in [2.45, 2.75) is 293 Å². The van der Waals surface area contributed by atoms with E-state index in [-0.39, 0.29) is 12.4 Å². The van der Waals surface area contributed by atoms with Crippen LogP contribution in [0.1, 0.15) is 272 Å². The predicted octanol–water partition coefficient (Wildman–Crippen LogP) is 30.7. The number of ether oxygens (including phenoxy) is 3. The lowest BCUT2D eigenvalue weighted by Crippen LogP contribution is -2.29. The maximum Gasteiger partial charge on any atom is 0.488 e. The van der Waals surface area contributed by atoms with Gasteiger partial charge in [0.1, 0.15) is 16.8 Å². The van der Waals surface area contributed by atoms with Gasteiger partial charge in [0.15, 0.2) is 0 Å². The standard InChI is InChI=1S/C58H72N2O4.C36H44Br2.C12H17BO4/c1-9-11-13-15-17-19-25-43-40-52(48-28-22-23-29-49(48)53(43)42-33-37-46(38-34-42)60-56(62)64-58(6,7)8)54-44(26-20-18-16-14-12-10-2)39-51(47-27-21-24-30-50(47)54)41-31-35-45(36-32-41)59-55(61)63-57(3,4)5;1-3-5-7-9-11-13-19-27-25-33(37)29-21-15-17-23-31(29)35(27)36-28(20-14-12-10-8-6-4-2)26-34(38)30-22-16-18-24-32(30)36;1-12(2,3)17-11(14)8-9-4-6-10(7-5-9)13(15)16/h21-24,27-40H,9-20,25-26H2,1-8H3,(H,59,61)(H,60,62);15-18,21-26H,3-14,19-20H2,1-2H3;4-7,15-16H,8H2,1-3H3. The van der Waals surface area contributed by atoms with Crippen molar-refractivity contribution in [3.63, 3.8) is 0 Å². The smallest absolute Gasteiger partial charge is 0.460 e. The topological polar surface area (TPSA) is 143 Å². The number of carbonyl (C=O) groups is 3. The van der Waals surface area contributed by atoms with Gasteiger partial charge in [-0.1, -0.05) is 334 Å². The molecule has 0 saturated carbocycles. The summed E-state index contributed by atoms with van der Waals surface area (Å²) in [6.07, 6.45) is 34.1. The Labute approximate surface area is 729 Å². The number of amides is 2. The molecule has 11 rings (SSSR count). The highest BCUT2D eigenvalue weighted by Crippen LogP contribution is 2.48. The molecule has 13 heteroatoms. The van der Waals surface area contributed by atoms with Crippen molar-refractivity contribution >= 4 is 117 Å². The highest BCUT2D eigenvalue weighted by molar-refractivity contribution is 9.11. The van der Waals surface area contributed by atoms with Gasteiger partial charge in [-0.15, -0.1) is 0 Å². The molecule has 0 aliphatic carbocycles. The summed E-state index contributed by atoms with van der Waals surface area (Å²) >= 11 is 7.88. The van der Waals surface area contributed by atoms with Gasteiger partial charge in [0.05, 0.1) is 6.42 Å². The molecule has 0 heterocycles. The van der Waals surface area contributed by atoms with Crippen molar-refractivity contribution in [1.82, 2.24) is 0 Å². The van der Waals surface area contributed by atoms with Crippen molar-refractivity contribution in [2.24, 2.45) is 0 Å². The summed E-state index contributed by atoms with van der Waals surface area (Å²) < 4.78 is 18.7. The van der Waals surface area contributed by atoms with Crippen LogP contribution in [0.25, 0.3) is 87.6 Å². The van der Waals surface area contributed by atoms with Crippen LogP contribution in [0.3, 0.4) is 0 Å². The number of rotatable bonds is 37. The third kappa shape index (κ3) is 29.1. The summed E-state index contributed by atoms with van der Waals surface area (Å²) in [5.74, 6) is -0.296. The Morgan fingerprint density at radius 3 is 1.00 bits per heavy atom. The van der Waals surface area contributed by atoms with E-state index in [0.29, 0.717) is 16.8 Å². The molecule has 0 saturated heterocycles. The number of aryl methyl sites for hydroxylation is 4. The zero-order chi connectivity index (χ0) is 85.5. The molecule has 0 unspecified atom stereocenters. The second-order valence-electron chi connectivity index (χ2n) is 35.2. The van der Waals surface area contributed by atoms with Gasteiger partial charge in [-0.05, 0) is 283 Å². The summed E-state index contributed by atoms with van der Waals surface area (Å²) in [6, 6.07) is 68.5. The SMILES string of the molecule is CC(C)(C)OC(=O)Cc1ccc(B(O)O)cc1.CCCCCCCCc1cc(-c2c(CCCCCCCC)cc(-c3ccc(NC(=O)OC(C)(C)C)cc3)c3ccccc23)c2ccccc2c1-c1ccc(NC(=O)OC(C)(C)C)cc1.CCCCCCCCc1cc(Br)c2ccccc2c1-c1c(CCCCCCCC)cc(Br)c2ccccc12. The van der Waals surface area contributed by atoms with E-state index in [4.69, 9.17) is 24.3 Å². The maximum absolute atomic E-state index is 12.7. The molecule has 0 aromatic heterocycles. The van der Waals surface area contributed by atoms with Gasteiger partial charge in [-0.25, -0.2) is 9.59 Å². The Balaban J connectivity index is 0.000000245. The third-order valence-corrected chi connectivity index (χ3v) is 23.1. The van der Waals surface area contributed by atoms with Crippen LogP contribution in [0.4, 0.5) is 21.0 Å². The minimum absolute atomic E-state index is 0.180. The van der Waals surface area contributed by atoms with Gasteiger partial charge >= 0.3 is 25.3 Å². The molecule has 632 valence electrons. The second-order valence-corrected chi connectivity index (χ2v) is 37.0. The molecule has 0 spiro atoms. The second kappa shape index (κ2) is 47.0. The number of hydrogen-bond acceptors (Lipinski definition) is 8. The molecule has 119 heavy (non-hydrogen) atoms. The lowest BCUT2D eigenvalue weighted by Gasteiger charge is -2.23. The van der Waals surface area contributed by atoms with E-state index in [1.54, 1.807) is 24.3 Å². The number of benzene rings is 11.